The zero-order valence-corrected chi connectivity index (χ0v) is 13.7. The zero-order chi connectivity index (χ0) is 14.4. The van der Waals surface area contributed by atoms with Crippen LogP contribution in [-0.4, -0.2) is 42.0 Å². The van der Waals surface area contributed by atoms with Crippen molar-refractivity contribution in [2.75, 3.05) is 26.2 Å². The van der Waals surface area contributed by atoms with Gasteiger partial charge in [0.15, 0.2) is 5.96 Å². The van der Waals surface area contributed by atoms with E-state index in [1.807, 2.05) is 11.3 Å². The van der Waals surface area contributed by atoms with Gasteiger partial charge in [0.1, 0.15) is 0 Å². The van der Waals surface area contributed by atoms with Crippen LogP contribution in [0.3, 0.4) is 0 Å². The Morgan fingerprint density at radius 2 is 2.10 bits per heavy atom. The third-order valence-corrected chi connectivity index (χ3v) is 4.67. The largest absolute Gasteiger partial charge is 0.357 e. The van der Waals surface area contributed by atoms with E-state index < -0.39 is 0 Å². The predicted molar refractivity (Wildman–Crippen MR) is 86.7 cm³/mol. The van der Waals surface area contributed by atoms with E-state index in [4.69, 9.17) is 4.99 Å². The molecule has 5 heteroatoms. The predicted octanol–water partition coefficient (Wildman–Crippen LogP) is 2.62. The maximum absolute atomic E-state index is 4.75. The van der Waals surface area contributed by atoms with Crippen molar-refractivity contribution in [2.24, 2.45) is 4.99 Å². The summed E-state index contributed by atoms with van der Waals surface area (Å²) >= 11 is 1.82. The average molecular weight is 294 g/mol. The molecular weight excluding hydrogens is 268 g/mol. The Morgan fingerprint density at radius 3 is 2.70 bits per heavy atom. The second kappa shape index (κ2) is 7.62. The molecule has 1 N–H and O–H groups in total. The summed E-state index contributed by atoms with van der Waals surface area (Å²) in [6.07, 6.45) is 4.56. The Morgan fingerprint density at radius 1 is 1.35 bits per heavy atom. The zero-order valence-electron chi connectivity index (χ0n) is 12.9. The number of likely N-dealkylation sites (tertiary alicyclic amines) is 1. The number of aromatic nitrogens is 1. The molecule has 112 valence electrons. The van der Waals surface area contributed by atoms with Crippen molar-refractivity contribution in [1.82, 2.24) is 15.2 Å². The molecule has 0 aromatic carbocycles. The SMILES string of the molecule is CCNC(=NCCc1nc(CC)c(C)s1)N1CCCC1. The van der Waals surface area contributed by atoms with Gasteiger partial charge in [0.05, 0.1) is 10.7 Å². The van der Waals surface area contributed by atoms with Gasteiger partial charge in [-0.05, 0) is 33.1 Å². The van der Waals surface area contributed by atoms with Crippen LogP contribution < -0.4 is 5.32 Å². The van der Waals surface area contributed by atoms with Crippen LogP contribution in [-0.2, 0) is 12.8 Å². The number of hydrogen-bond acceptors (Lipinski definition) is 3. The van der Waals surface area contributed by atoms with Crippen molar-refractivity contribution < 1.29 is 0 Å². The molecule has 0 saturated carbocycles. The van der Waals surface area contributed by atoms with E-state index in [1.54, 1.807) is 0 Å². The molecule has 0 aliphatic carbocycles. The standard InChI is InChI=1S/C15H26N4S/c1-4-13-12(3)20-14(18-13)8-9-17-15(16-5-2)19-10-6-7-11-19/h4-11H2,1-3H3,(H,16,17). The van der Waals surface area contributed by atoms with E-state index in [2.05, 4.69) is 36.0 Å². The first-order chi connectivity index (χ1) is 9.74. The minimum Gasteiger partial charge on any atom is -0.357 e. The van der Waals surface area contributed by atoms with Crippen molar-refractivity contribution in [2.45, 2.75) is 46.5 Å². The highest BCUT2D eigenvalue weighted by molar-refractivity contribution is 7.11. The maximum atomic E-state index is 4.75. The number of hydrogen-bond donors (Lipinski definition) is 1. The topological polar surface area (TPSA) is 40.5 Å². The van der Waals surface area contributed by atoms with Gasteiger partial charge < -0.3 is 10.2 Å². The summed E-state index contributed by atoms with van der Waals surface area (Å²) in [6, 6.07) is 0. The quantitative estimate of drug-likeness (QED) is 0.670. The average Bonchev–Trinajstić information content (AvgIpc) is 3.07. The van der Waals surface area contributed by atoms with Crippen LogP contribution in [0.4, 0.5) is 0 Å². The lowest BCUT2D eigenvalue weighted by molar-refractivity contribution is 0.494. The molecule has 1 saturated heterocycles. The molecule has 0 atom stereocenters. The second-order valence-corrected chi connectivity index (χ2v) is 6.43. The lowest BCUT2D eigenvalue weighted by Gasteiger charge is -2.20. The Balaban J connectivity index is 1.91. The fraction of sp³-hybridized carbons (Fsp3) is 0.733. The number of aryl methyl sites for hydroxylation is 2. The molecule has 0 unspecified atom stereocenters. The highest BCUT2D eigenvalue weighted by Gasteiger charge is 2.15. The first-order valence-electron chi connectivity index (χ1n) is 7.73. The highest BCUT2D eigenvalue weighted by atomic mass is 32.1. The van der Waals surface area contributed by atoms with Crippen LogP contribution in [0, 0.1) is 6.92 Å². The Labute approximate surface area is 126 Å². The number of thiazole rings is 1. The summed E-state index contributed by atoms with van der Waals surface area (Å²) in [7, 11) is 0. The summed E-state index contributed by atoms with van der Waals surface area (Å²) in [5.74, 6) is 1.08. The van der Waals surface area contributed by atoms with Gasteiger partial charge in [0.2, 0.25) is 0 Å². The van der Waals surface area contributed by atoms with Crippen molar-refractivity contribution in [1.29, 1.82) is 0 Å². The molecule has 1 fully saturated rings. The van der Waals surface area contributed by atoms with Gasteiger partial charge in [0.25, 0.3) is 0 Å². The van der Waals surface area contributed by atoms with Gasteiger partial charge in [-0.2, -0.15) is 0 Å². The molecule has 0 bridgehead atoms. The fourth-order valence-electron chi connectivity index (χ4n) is 2.53. The van der Waals surface area contributed by atoms with Crippen molar-refractivity contribution in [3.63, 3.8) is 0 Å². The fourth-order valence-corrected chi connectivity index (χ4v) is 3.55. The van der Waals surface area contributed by atoms with Gasteiger partial charge >= 0.3 is 0 Å². The molecule has 4 nitrogen and oxygen atoms in total. The van der Waals surface area contributed by atoms with E-state index in [9.17, 15) is 0 Å². The summed E-state index contributed by atoms with van der Waals surface area (Å²) in [4.78, 5) is 13.2. The number of guanidine groups is 1. The molecular formula is C15H26N4S. The van der Waals surface area contributed by atoms with Crippen LogP contribution in [0.5, 0.6) is 0 Å². The lowest BCUT2D eigenvalue weighted by atomic mass is 10.3. The third kappa shape index (κ3) is 3.95. The van der Waals surface area contributed by atoms with Crippen molar-refractivity contribution in [3.8, 4) is 0 Å². The molecule has 1 aliphatic rings. The number of rotatable bonds is 5. The van der Waals surface area contributed by atoms with Gasteiger partial charge in [-0.25, -0.2) is 4.98 Å². The Kier molecular flexibility index (Phi) is 5.83. The maximum Gasteiger partial charge on any atom is 0.193 e. The summed E-state index contributed by atoms with van der Waals surface area (Å²) in [6.45, 7) is 10.5. The Hall–Kier alpha value is -1.10. The van der Waals surface area contributed by atoms with Crippen LogP contribution in [0.15, 0.2) is 4.99 Å². The number of nitrogens with zero attached hydrogens (tertiary/aromatic N) is 3. The van der Waals surface area contributed by atoms with E-state index >= 15 is 0 Å². The van der Waals surface area contributed by atoms with Crippen molar-refractivity contribution in [3.05, 3.63) is 15.6 Å². The van der Waals surface area contributed by atoms with E-state index in [1.165, 1.54) is 28.4 Å². The first kappa shape index (κ1) is 15.3. The van der Waals surface area contributed by atoms with Gasteiger partial charge in [-0.3, -0.25) is 4.99 Å². The monoisotopic (exact) mass is 294 g/mol. The van der Waals surface area contributed by atoms with E-state index in [0.717, 1.165) is 45.0 Å². The second-order valence-electron chi connectivity index (χ2n) is 5.14. The first-order valence-corrected chi connectivity index (χ1v) is 8.54. The number of aliphatic imine (C=N–C) groups is 1. The van der Waals surface area contributed by atoms with Gasteiger partial charge in [0, 0.05) is 37.5 Å². The van der Waals surface area contributed by atoms with Gasteiger partial charge in [-0.1, -0.05) is 6.92 Å². The molecule has 0 spiro atoms. The number of nitrogens with one attached hydrogen (secondary N) is 1. The van der Waals surface area contributed by atoms with E-state index in [-0.39, 0.29) is 0 Å². The van der Waals surface area contributed by atoms with Crippen LogP contribution in [0.1, 0.15) is 42.3 Å². The summed E-state index contributed by atoms with van der Waals surface area (Å²) < 4.78 is 0. The molecule has 0 radical (unpaired) electrons. The Bertz CT molecular complexity index is 447. The normalized spacial score (nSPS) is 15.9. The summed E-state index contributed by atoms with van der Waals surface area (Å²) in [5, 5.41) is 4.62. The molecule has 1 aromatic heterocycles. The minimum absolute atomic E-state index is 0.828. The molecule has 0 amide bonds. The van der Waals surface area contributed by atoms with Crippen molar-refractivity contribution >= 4 is 17.3 Å². The van der Waals surface area contributed by atoms with Gasteiger partial charge in [-0.15, -0.1) is 11.3 Å². The van der Waals surface area contributed by atoms with Crippen LogP contribution in [0.25, 0.3) is 0 Å². The third-order valence-electron chi connectivity index (χ3n) is 3.60. The van der Waals surface area contributed by atoms with Crippen LogP contribution in [0.2, 0.25) is 0 Å². The lowest BCUT2D eigenvalue weighted by Crippen LogP contribution is -2.39. The van der Waals surface area contributed by atoms with E-state index in [0.29, 0.717) is 0 Å². The smallest absolute Gasteiger partial charge is 0.193 e. The molecule has 2 heterocycles. The minimum atomic E-state index is 0.828. The molecule has 1 aliphatic heterocycles. The van der Waals surface area contributed by atoms with Crippen LogP contribution >= 0.6 is 11.3 Å². The molecule has 20 heavy (non-hydrogen) atoms. The molecule has 1 aromatic rings. The highest BCUT2D eigenvalue weighted by Crippen LogP contribution is 2.18. The molecule has 2 rings (SSSR count). The summed E-state index contributed by atoms with van der Waals surface area (Å²) in [5.41, 5.74) is 1.25.